The average molecular weight is 312 g/mol. The lowest BCUT2D eigenvalue weighted by atomic mass is 9.77. The molecule has 0 unspecified atom stereocenters. The summed E-state index contributed by atoms with van der Waals surface area (Å²) < 4.78 is 7.34. The fourth-order valence-electron chi connectivity index (χ4n) is 2.92. The molecule has 0 bridgehead atoms. The van der Waals surface area contributed by atoms with Gasteiger partial charge >= 0.3 is 5.97 Å². The highest BCUT2D eigenvalue weighted by molar-refractivity contribution is 5.93. The minimum absolute atomic E-state index is 0.0454. The molecule has 1 aliphatic carbocycles. The third kappa shape index (κ3) is 2.79. The Bertz CT molecular complexity index is 717. The molecule has 1 saturated carbocycles. The highest BCUT2D eigenvalue weighted by Crippen LogP contribution is 2.37. The summed E-state index contributed by atoms with van der Waals surface area (Å²) in [6.45, 7) is 3.48. The summed E-state index contributed by atoms with van der Waals surface area (Å²) in [6.07, 6.45) is 5.24. The number of carbonyl (C=O) groups excluding carboxylic acids is 2. The van der Waals surface area contributed by atoms with E-state index >= 15 is 0 Å². The number of ketones is 1. The summed E-state index contributed by atoms with van der Waals surface area (Å²) in [7, 11) is 0. The molecular formula is C18H20N2O3. The molecule has 0 radical (unpaired) electrons. The lowest BCUT2D eigenvalue weighted by Gasteiger charge is -2.38. The summed E-state index contributed by atoms with van der Waals surface area (Å²) >= 11 is 0. The van der Waals surface area contributed by atoms with Crippen LogP contribution in [0.3, 0.4) is 0 Å². The standard InChI is InChI=1S/C18H20N2O3/c1-13(15-7-4-3-5-8-15)20-12-19-11-16(20)17(22)23-18(14(2)21)9-6-10-18/h3-5,7-8,11-13H,6,9-10H2,1-2H3/t13-/m1/s1. The van der Waals surface area contributed by atoms with Crippen molar-refractivity contribution in [1.82, 2.24) is 9.55 Å². The summed E-state index contributed by atoms with van der Waals surface area (Å²) in [5.41, 5.74) is 0.515. The van der Waals surface area contributed by atoms with Crippen molar-refractivity contribution in [3.63, 3.8) is 0 Å². The lowest BCUT2D eigenvalue weighted by Crippen LogP contribution is -2.48. The molecule has 0 spiro atoms. The van der Waals surface area contributed by atoms with Gasteiger partial charge in [0.2, 0.25) is 0 Å². The van der Waals surface area contributed by atoms with Crippen LogP contribution in [0.1, 0.15) is 55.2 Å². The zero-order chi connectivity index (χ0) is 16.4. The van der Waals surface area contributed by atoms with E-state index in [2.05, 4.69) is 4.98 Å². The Morgan fingerprint density at radius 3 is 2.52 bits per heavy atom. The molecule has 5 heteroatoms. The topological polar surface area (TPSA) is 61.2 Å². The van der Waals surface area contributed by atoms with Gasteiger partial charge in [-0.15, -0.1) is 0 Å². The number of benzene rings is 1. The van der Waals surface area contributed by atoms with E-state index in [1.54, 1.807) is 10.9 Å². The molecule has 0 N–H and O–H groups in total. The van der Waals surface area contributed by atoms with Gasteiger partial charge in [0.25, 0.3) is 0 Å². The number of rotatable bonds is 5. The molecule has 23 heavy (non-hydrogen) atoms. The zero-order valence-electron chi connectivity index (χ0n) is 13.4. The quantitative estimate of drug-likeness (QED) is 0.796. The number of hydrogen-bond acceptors (Lipinski definition) is 4. The molecule has 1 aliphatic rings. The summed E-state index contributed by atoms with van der Waals surface area (Å²) in [4.78, 5) is 28.4. The minimum atomic E-state index is -0.928. The molecule has 0 amide bonds. The molecule has 1 fully saturated rings. The Morgan fingerprint density at radius 2 is 1.96 bits per heavy atom. The Labute approximate surface area is 135 Å². The summed E-state index contributed by atoms with van der Waals surface area (Å²) in [5.74, 6) is -0.570. The fraction of sp³-hybridized carbons (Fsp3) is 0.389. The van der Waals surface area contributed by atoms with Crippen molar-refractivity contribution in [3.8, 4) is 0 Å². The Morgan fingerprint density at radius 1 is 1.26 bits per heavy atom. The second-order valence-corrected chi connectivity index (χ2v) is 6.07. The number of carbonyl (C=O) groups is 2. The highest BCUT2D eigenvalue weighted by Gasteiger charge is 2.46. The van der Waals surface area contributed by atoms with E-state index in [4.69, 9.17) is 4.74 Å². The van der Waals surface area contributed by atoms with Crippen molar-refractivity contribution in [2.75, 3.05) is 0 Å². The van der Waals surface area contributed by atoms with Gasteiger partial charge in [-0.3, -0.25) is 4.79 Å². The lowest BCUT2D eigenvalue weighted by molar-refractivity contribution is -0.145. The maximum Gasteiger partial charge on any atom is 0.357 e. The van der Waals surface area contributed by atoms with Crippen LogP contribution in [0, 0.1) is 0 Å². The van der Waals surface area contributed by atoms with Crippen LogP contribution in [0.5, 0.6) is 0 Å². The third-order valence-electron chi connectivity index (χ3n) is 4.67. The second-order valence-electron chi connectivity index (χ2n) is 6.07. The van der Waals surface area contributed by atoms with Gasteiger partial charge in [-0.05, 0) is 38.7 Å². The van der Waals surface area contributed by atoms with Crippen LogP contribution in [-0.2, 0) is 9.53 Å². The molecule has 0 saturated heterocycles. The van der Waals surface area contributed by atoms with Crippen LogP contribution >= 0.6 is 0 Å². The minimum Gasteiger partial charge on any atom is -0.446 e. The molecule has 120 valence electrons. The number of nitrogens with zero attached hydrogens (tertiary/aromatic N) is 2. The van der Waals surface area contributed by atoms with Gasteiger partial charge in [0.15, 0.2) is 11.4 Å². The molecular weight excluding hydrogens is 292 g/mol. The van der Waals surface area contributed by atoms with Crippen molar-refractivity contribution in [2.24, 2.45) is 0 Å². The molecule has 1 heterocycles. The molecule has 0 aliphatic heterocycles. The first kappa shape index (κ1) is 15.5. The predicted octanol–water partition coefficient (Wildman–Crippen LogP) is 3.16. The van der Waals surface area contributed by atoms with Crippen LogP contribution in [-0.4, -0.2) is 26.9 Å². The van der Waals surface area contributed by atoms with Crippen LogP contribution in [0.2, 0.25) is 0 Å². The largest absolute Gasteiger partial charge is 0.446 e. The predicted molar refractivity (Wildman–Crippen MR) is 85.2 cm³/mol. The van der Waals surface area contributed by atoms with Crippen molar-refractivity contribution in [2.45, 2.75) is 44.8 Å². The first-order chi connectivity index (χ1) is 11.0. The van der Waals surface area contributed by atoms with Gasteiger partial charge in [0.1, 0.15) is 5.69 Å². The SMILES string of the molecule is CC(=O)C1(OC(=O)c2cncn2[C@H](C)c2ccccc2)CCC1. The second kappa shape index (κ2) is 5.99. The van der Waals surface area contributed by atoms with E-state index in [9.17, 15) is 9.59 Å². The molecule has 5 nitrogen and oxygen atoms in total. The monoisotopic (exact) mass is 312 g/mol. The zero-order valence-corrected chi connectivity index (χ0v) is 13.4. The molecule has 1 atom stereocenters. The van der Waals surface area contributed by atoms with Crippen molar-refractivity contribution < 1.29 is 14.3 Å². The maximum atomic E-state index is 12.5. The number of esters is 1. The van der Waals surface area contributed by atoms with Crippen molar-refractivity contribution in [3.05, 3.63) is 54.1 Å². The van der Waals surface area contributed by atoms with Gasteiger partial charge in [0.05, 0.1) is 18.6 Å². The smallest absolute Gasteiger partial charge is 0.357 e. The van der Waals surface area contributed by atoms with E-state index < -0.39 is 11.6 Å². The van der Waals surface area contributed by atoms with Crippen LogP contribution < -0.4 is 0 Å². The summed E-state index contributed by atoms with van der Waals surface area (Å²) in [6, 6.07) is 9.83. The first-order valence-corrected chi connectivity index (χ1v) is 7.85. The number of imidazole rings is 1. The Kier molecular flexibility index (Phi) is 4.03. The first-order valence-electron chi connectivity index (χ1n) is 7.85. The van der Waals surface area contributed by atoms with E-state index in [0.29, 0.717) is 18.5 Å². The normalized spacial score (nSPS) is 17.1. The van der Waals surface area contributed by atoms with Gasteiger partial charge < -0.3 is 9.30 Å². The van der Waals surface area contributed by atoms with Crippen LogP contribution in [0.15, 0.2) is 42.9 Å². The third-order valence-corrected chi connectivity index (χ3v) is 4.67. The number of aromatic nitrogens is 2. The van der Waals surface area contributed by atoms with Gasteiger partial charge in [-0.2, -0.15) is 0 Å². The van der Waals surface area contributed by atoms with Gasteiger partial charge in [0, 0.05) is 0 Å². The number of Topliss-reactive ketones (excluding diaryl/α,β-unsaturated/α-hetero) is 1. The van der Waals surface area contributed by atoms with Gasteiger partial charge in [-0.1, -0.05) is 30.3 Å². The molecule has 1 aromatic heterocycles. The average Bonchev–Trinajstić information content (AvgIpc) is 3.00. The fourth-order valence-corrected chi connectivity index (χ4v) is 2.92. The molecule has 1 aromatic carbocycles. The van der Waals surface area contributed by atoms with Crippen LogP contribution in [0.4, 0.5) is 0 Å². The molecule has 3 rings (SSSR count). The van der Waals surface area contributed by atoms with E-state index in [-0.39, 0.29) is 11.8 Å². The maximum absolute atomic E-state index is 12.5. The molecule has 2 aromatic rings. The Balaban J connectivity index is 1.83. The van der Waals surface area contributed by atoms with Crippen molar-refractivity contribution in [1.29, 1.82) is 0 Å². The van der Waals surface area contributed by atoms with Gasteiger partial charge in [-0.25, -0.2) is 9.78 Å². The van der Waals surface area contributed by atoms with Crippen molar-refractivity contribution >= 4 is 11.8 Å². The summed E-state index contributed by atoms with van der Waals surface area (Å²) in [5, 5.41) is 0. The van der Waals surface area contributed by atoms with E-state index in [1.165, 1.54) is 13.1 Å². The number of hydrogen-bond donors (Lipinski definition) is 0. The van der Waals surface area contributed by atoms with E-state index in [0.717, 1.165) is 12.0 Å². The van der Waals surface area contributed by atoms with Crippen LogP contribution in [0.25, 0.3) is 0 Å². The van der Waals surface area contributed by atoms with E-state index in [1.807, 2.05) is 37.3 Å². The Hall–Kier alpha value is -2.43. The number of ether oxygens (including phenoxy) is 1. The highest BCUT2D eigenvalue weighted by atomic mass is 16.6.